The third kappa shape index (κ3) is 14.2. The third-order valence-corrected chi connectivity index (χ3v) is 7.29. The van der Waals surface area contributed by atoms with Gasteiger partial charge in [0.2, 0.25) is 0 Å². The lowest BCUT2D eigenvalue weighted by molar-refractivity contribution is -0.870. The zero-order valence-electron chi connectivity index (χ0n) is 21.4. The standard InChI is InChI=1S/C22H42N2O8P2/c1-23(2,3)13-9-21(33-29,11-15-25)17-31-19(27)7-8-20(28)32-18-22(34-30,12-16-26)10-14-24(4,5)6/h7-8,25-26H,9-18H2,1-6H3/q+2/b8-7+. The number of ether oxygens (including phenoxy) is 2. The largest absolute Gasteiger partial charge is 0.461 e. The minimum atomic E-state index is -0.910. The molecule has 34 heavy (non-hydrogen) atoms. The first-order chi connectivity index (χ1) is 15.7. The van der Waals surface area contributed by atoms with E-state index in [1.807, 2.05) is 42.3 Å². The molecule has 12 heteroatoms. The van der Waals surface area contributed by atoms with Gasteiger partial charge < -0.3 is 28.7 Å². The molecular formula is C22H42N2O8P2+2. The predicted octanol–water partition coefficient (Wildman–Crippen LogP) is 1.65. The number of carbonyl (C=O) groups excluding carboxylic acids is 2. The van der Waals surface area contributed by atoms with Crippen LogP contribution in [0, 0.1) is 0 Å². The molecule has 0 aliphatic carbocycles. The van der Waals surface area contributed by atoms with Crippen LogP contribution in [0.4, 0.5) is 0 Å². The lowest BCUT2D eigenvalue weighted by atomic mass is 10.0. The Morgan fingerprint density at radius 3 is 1.26 bits per heavy atom. The monoisotopic (exact) mass is 524 g/mol. The number of quaternary nitrogens is 2. The van der Waals surface area contributed by atoms with Crippen LogP contribution in [-0.2, 0) is 28.2 Å². The summed E-state index contributed by atoms with van der Waals surface area (Å²) < 4.78 is 35.3. The first-order valence-corrected chi connectivity index (χ1v) is 12.8. The topological polar surface area (TPSA) is 127 Å². The summed E-state index contributed by atoms with van der Waals surface area (Å²) in [6.45, 7) is 0.589. The first kappa shape index (κ1) is 32.7. The molecule has 0 aromatic heterocycles. The molecule has 0 aromatic rings. The molecule has 0 radical (unpaired) electrons. The number of nitrogens with zero attached hydrogens (tertiary/aromatic N) is 2. The summed E-state index contributed by atoms with van der Waals surface area (Å²) in [4.78, 5) is 24.2. The summed E-state index contributed by atoms with van der Waals surface area (Å²) in [5.41, 5.74) is 0. The number of hydrogen-bond acceptors (Lipinski definition) is 8. The van der Waals surface area contributed by atoms with Gasteiger partial charge in [0.25, 0.3) is 0 Å². The molecule has 0 fully saturated rings. The number of rotatable bonds is 18. The molecule has 0 aliphatic heterocycles. The Hall–Kier alpha value is -1.28. The van der Waals surface area contributed by atoms with Gasteiger partial charge in [-0.25, -0.2) is 9.59 Å². The number of aliphatic hydroxyl groups is 2. The van der Waals surface area contributed by atoms with Crippen LogP contribution in [0.2, 0.25) is 0 Å². The van der Waals surface area contributed by atoms with Crippen molar-refractivity contribution in [3.05, 3.63) is 12.2 Å². The quantitative estimate of drug-likeness (QED) is 0.120. The van der Waals surface area contributed by atoms with Crippen molar-refractivity contribution in [2.45, 2.75) is 36.0 Å². The van der Waals surface area contributed by atoms with Gasteiger partial charge in [-0.15, -0.1) is 0 Å². The van der Waals surface area contributed by atoms with Crippen LogP contribution in [0.3, 0.4) is 0 Å². The van der Waals surface area contributed by atoms with Gasteiger partial charge in [-0.3, -0.25) is 9.13 Å². The molecule has 196 valence electrons. The van der Waals surface area contributed by atoms with Gasteiger partial charge in [-0.05, 0) is 12.8 Å². The van der Waals surface area contributed by atoms with Crippen molar-refractivity contribution >= 4 is 28.9 Å². The highest BCUT2D eigenvalue weighted by Gasteiger charge is 2.35. The fourth-order valence-corrected chi connectivity index (χ4v) is 3.92. The van der Waals surface area contributed by atoms with Crippen LogP contribution in [0.15, 0.2) is 12.2 Å². The molecular weight excluding hydrogens is 482 g/mol. The van der Waals surface area contributed by atoms with Crippen molar-refractivity contribution < 1.29 is 47.4 Å². The van der Waals surface area contributed by atoms with Gasteiger partial charge in [0.05, 0.1) is 65.7 Å². The van der Waals surface area contributed by atoms with Crippen molar-refractivity contribution in [3.8, 4) is 0 Å². The Bertz CT molecular complexity index is 648. The third-order valence-electron chi connectivity index (χ3n) is 5.36. The molecule has 0 heterocycles. The van der Waals surface area contributed by atoms with Crippen LogP contribution >= 0.6 is 16.9 Å². The minimum absolute atomic E-state index is 0.170. The van der Waals surface area contributed by atoms with Crippen LogP contribution < -0.4 is 0 Å². The van der Waals surface area contributed by atoms with E-state index in [0.717, 1.165) is 12.2 Å². The van der Waals surface area contributed by atoms with Gasteiger partial charge in [0, 0.05) is 38.2 Å². The lowest BCUT2D eigenvalue weighted by Gasteiger charge is -2.31. The molecule has 2 unspecified atom stereocenters. The van der Waals surface area contributed by atoms with E-state index < -0.39 is 22.3 Å². The Kier molecular flexibility index (Phi) is 14.4. The highest BCUT2D eigenvalue weighted by molar-refractivity contribution is 7.26. The summed E-state index contributed by atoms with van der Waals surface area (Å²) >= 11 is 0. The zero-order valence-corrected chi connectivity index (χ0v) is 23.1. The van der Waals surface area contributed by atoms with Crippen LogP contribution in [0.1, 0.15) is 25.7 Å². The molecule has 0 aromatic carbocycles. The second kappa shape index (κ2) is 15.0. The molecule has 10 nitrogen and oxygen atoms in total. The van der Waals surface area contributed by atoms with E-state index in [0.29, 0.717) is 34.9 Å². The number of esters is 2. The number of hydrogen-bond donors (Lipinski definition) is 2. The van der Waals surface area contributed by atoms with Gasteiger partial charge in [0.15, 0.2) is 16.9 Å². The van der Waals surface area contributed by atoms with Crippen LogP contribution in [-0.4, -0.2) is 123 Å². The molecule has 0 bridgehead atoms. The highest BCUT2D eigenvalue weighted by Crippen LogP contribution is 2.33. The zero-order chi connectivity index (χ0) is 26.5. The fraction of sp³-hybridized carbons (Fsp3) is 0.818. The van der Waals surface area contributed by atoms with Gasteiger partial charge in [0.1, 0.15) is 13.2 Å². The van der Waals surface area contributed by atoms with Crippen molar-refractivity contribution in [1.82, 2.24) is 0 Å². The van der Waals surface area contributed by atoms with Crippen molar-refractivity contribution in [3.63, 3.8) is 0 Å². The maximum absolute atomic E-state index is 12.1. The fourth-order valence-electron chi connectivity index (χ4n) is 2.92. The summed E-state index contributed by atoms with van der Waals surface area (Å²) in [6, 6.07) is 0. The normalized spacial score (nSPS) is 16.4. The van der Waals surface area contributed by atoms with Crippen molar-refractivity contribution in [2.75, 3.05) is 81.8 Å². The average Bonchev–Trinajstić information content (AvgIpc) is 2.75. The second-order valence-electron chi connectivity index (χ2n) is 10.7. The second-order valence-corrected chi connectivity index (χ2v) is 12.9. The average molecular weight is 525 g/mol. The Morgan fingerprint density at radius 2 is 1.03 bits per heavy atom. The molecule has 0 aliphatic rings. The molecule has 2 N–H and O–H groups in total. The van der Waals surface area contributed by atoms with E-state index in [-0.39, 0.29) is 56.2 Å². The maximum Gasteiger partial charge on any atom is 0.331 e. The van der Waals surface area contributed by atoms with E-state index in [2.05, 4.69) is 0 Å². The van der Waals surface area contributed by atoms with E-state index >= 15 is 0 Å². The minimum Gasteiger partial charge on any atom is -0.461 e. The molecule has 0 amide bonds. The number of aliphatic hydroxyl groups excluding tert-OH is 2. The summed E-state index contributed by atoms with van der Waals surface area (Å²) in [7, 11) is 11.4. The van der Waals surface area contributed by atoms with Gasteiger partial charge in [-0.2, -0.15) is 0 Å². The van der Waals surface area contributed by atoms with E-state index in [1.165, 1.54) is 0 Å². The molecule has 0 spiro atoms. The molecule has 0 rings (SSSR count). The lowest BCUT2D eigenvalue weighted by Crippen LogP contribution is -2.41. The van der Waals surface area contributed by atoms with Crippen molar-refractivity contribution in [1.29, 1.82) is 0 Å². The summed E-state index contributed by atoms with van der Waals surface area (Å²) in [5.74, 6) is -1.61. The van der Waals surface area contributed by atoms with Gasteiger partial charge in [-0.1, -0.05) is 0 Å². The van der Waals surface area contributed by atoms with Gasteiger partial charge >= 0.3 is 11.9 Å². The highest BCUT2D eigenvalue weighted by atomic mass is 31.1. The maximum atomic E-state index is 12.1. The molecule has 2 atom stereocenters. The summed E-state index contributed by atoms with van der Waals surface area (Å²) in [5, 5.41) is 16.9. The van der Waals surface area contributed by atoms with Crippen LogP contribution in [0.25, 0.3) is 0 Å². The van der Waals surface area contributed by atoms with Crippen LogP contribution in [0.5, 0.6) is 0 Å². The van der Waals surface area contributed by atoms with E-state index in [4.69, 9.17) is 9.47 Å². The molecule has 0 saturated heterocycles. The first-order valence-electron chi connectivity index (χ1n) is 11.2. The Morgan fingerprint density at radius 1 is 0.706 bits per heavy atom. The molecule has 0 saturated carbocycles. The smallest absolute Gasteiger partial charge is 0.331 e. The Balaban J connectivity index is 4.97. The summed E-state index contributed by atoms with van der Waals surface area (Å²) in [6.07, 6.45) is 3.17. The SMILES string of the molecule is C[N+](C)(C)CCC(CCO)(COC(=O)/C=C/C(=O)OCC(CCO)(CC[N+](C)(C)C)P=O)P=O. The predicted molar refractivity (Wildman–Crippen MR) is 130 cm³/mol. The van der Waals surface area contributed by atoms with Crippen molar-refractivity contribution in [2.24, 2.45) is 0 Å². The Labute approximate surface area is 206 Å². The van der Waals surface area contributed by atoms with E-state index in [9.17, 15) is 28.9 Å². The number of carbonyl (C=O) groups is 2. The van der Waals surface area contributed by atoms with E-state index in [1.54, 1.807) is 0 Å².